The molecular weight excluding hydrogens is 224 g/mol. The molecule has 16 heavy (non-hydrogen) atoms. The first-order chi connectivity index (χ1) is 7.60. The lowest BCUT2D eigenvalue weighted by molar-refractivity contribution is -0.118. The van der Waals surface area contributed by atoms with Gasteiger partial charge in [0.05, 0.1) is 10.2 Å². The van der Waals surface area contributed by atoms with Crippen molar-refractivity contribution in [2.24, 2.45) is 0 Å². The first-order valence-electron chi connectivity index (χ1n) is 4.88. The molecule has 0 atom stereocenters. The van der Waals surface area contributed by atoms with Crippen molar-refractivity contribution in [2.45, 2.75) is 13.8 Å². The molecule has 0 aliphatic carbocycles. The van der Waals surface area contributed by atoms with E-state index in [4.69, 9.17) is 5.11 Å². The maximum Gasteiger partial charge on any atom is 0.251 e. The van der Waals surface area contributed by atoms with Gasteiger partial charge in [-0.3, -0.25) is 10.1 Å². The molecule has 0 unspecified atom stereocenters. The number of benzene rings is 1. The minimum atomic E-state index is -0.520. The molecule has 84 valence electrons. The van der Waals surface area contributed by atoms with E-state index in [-0.39, 0.29) is 0 Å². The number of aliphatic hydroxyl groups is 1. The molecule has 0 aliphatic heterocycles. The maximum atomic E-state index is 11.0. The van der Waals surface area contributed by atoms with E-state index in [1.165, 1.54) is 22.5 Å². The molecule has 1 amide bonds. The van der Waals surface area contributed by atoms with Crippen molar-refractivity contribution >= 4 is 32.6 Å². The van der Waals surface area contributed by atoms with Crippen LogP contribution in [0.4, 0.5) is 5.13 Å². The molecule has 5 heteroatoms. The van der Waals surface area contributed by atoms with Crippen LogP contribution in [0.3, 0.4) is 0 Å². The summed E-state index contributed by atoms with van der Waals surface area (Å²) in [5, 5.41) is 11.7. The molecule has 1 heterocycles. The van der Waals surface area contributed by atoms with Gasteiger partial charge in [-0.25, -0.2) is 4.98 Å². The number of amides is 1. The van der Waals surface area contributed by atoms with Gasteiger partial charge in [-0.15, -0.1) is 0 Å². The number of nitrogens with one attached hydrogen (secondary N) is 1. The van der Waals surface area contributed by atoms with Crippen LogP contribution in [0.15, 0.2) is 12.1 Å². The van der Waals surface area contributed by atoms with E-state index in [0.29, 0.717) is 5.13 Å². The number of anilines is 1. The van der Waals surface area contributed by atoms with Crippen LogP contribution in [-0.4, -0.2) is 22.6 Å². The van der Waals surface area contributed by atoms with Crippen molar-refractivity contribution in [2.75, 3.05) is 11.9 Å². The van der Waals surface area contributed by atoms with Crippen molar-refractivity contribution in [3.8, 4) is 0 Å². The van der Waals surface area contributed by atoms with Crippen LogP contribution < -0.4 is 5.32 Å². The minimum Gasteiger partial charge on any atom is -0.387 e. The highest BCUT2D eigenvalue weighted by atomic mass is 32.1. The highest BCUT2D eigenvalue weighted by Gasteiger charge is 2.07. The second kappa shape index (κ2) is 4.19. The van der Waals surface area contributed by atoms with E-state index in [0.717, 1.165) is 10.2 Å². The molecule has 1 aromatic carbocycles. The number of aryl methyl sites for hydroxylation is 2. The predicted octanol–water partition coefficient (Wildman–Crippen LogP) is 1.84. The third-order valence-corrected chi connectivity index (χ3v) is 3.33. The molecule has 2 N–H and O–H groups in total. The summed E-state index contributed by atoms with van der Waals surface area (Å²) in [4.78, 5) is 15.3. The van der Waals surface area contributed by atoms with Gasteiger partial charge < -0.3 is 5.11 Å². The van der Waals surface area contributed by atoms with Crippen LogP contribution >= 0.6 is 11.3 Å². The Balaban J connectivity index is 2.40. The fraction of sp³-hybridized carbons (Fsp3) is 0.273. The molecule has 0 aliphatic rings. The molecule has 0 saturated heterocycles. The van der Waals surface area contributed by atoms with Gasteiger partial charge in [-0.2, -0.15) is 0 Å². The zero-order valence-corrected chi connectivity index (χ0v) is 9.89. The van der Waals surface area contributed by atoms with E-state index in [1.807, 2.05) is 19.9 Å². The minimum absolute atomic E-state index is 0.437. The Morgan fingerprint density at radius 3 is 2.81 bits per heavy atom. The second-order valence-corrected chi connectivity index (χ2v) is 4.66. The second-order valence-electron chi connectivity index (χ2n) is 3.63. The van der Waals surface area contributed by atoms with Crippen LogP contribution in [0.25, 0.3) is 10.2 Å². The van der Waals surface area contributed by atoms with Gasteiger partial charge in [0, 0.05) is 0 Å². The lowest BCUT2D eigenvalue weighted by atomic mass is 10.1. The fourth-order valence-corrected chi connectivity index (χ4v) is 2.35. The number of nitrogens with zero attached hydrogens (tertiary/aromatic N) is 1. The number of hydrogen-bond acceptors (Lipinski definition) is 4. The molecule has 2 rings (SSSR count). The average Bonchev–Trinajstić information content (AvgIpc) is 2.60. The Morgan fingerprint density at radius 1 is 1.44 bits per heavy atom. The van der Waals surface area contributed by atoms with Crippen molar-refractivity contribution < 1.29 is 9.90 Å². The predicted molar refractivity (Wildman–Crippen MR) is 64.8 cm³/mol. The Morgan fingerprint density at radius 2 is 2.12 bits per heavy atom. The molecule has 0 bridgehead atoms. The average molecular weight is 236 g/mol. The normalized spacial score (nSPS) is 10.7. The van der Waals surface area contributed by atoms with Gasteiger partial charge in [0.25, 0.3) is 5.91 Å². The van der Waals surface area contributed by atoms with E-state index in [1.54, 1.807) is 0 Å². The first kappa shape index (κ1) is 11.0. The van der Waals surface area contributed by atoms with Crippen LogP contribution in [-0.2, 0) is 4.79 Å². The number of carbonyl (C=O) groups is 1. The zero-order valence-electron chi connectivity index (χ0n) is 9.07. The largest absolute Gasteiger partial charge is 0.387 e. The van der Waals surface area contributed by atoms with Crippen LogP contribution in [0, 0.1) is 13.8 Å². The number of rotatable bonds is 2. The zero-order chi connectivity index (χ0) is 11.7. The summed E-state index contributed by atoms with van der Waals surface area (Å²) < 4.78 is 1.04. The first-order valence-corrected chi connectivity index (χ1v) is 5.70. The van der Waals surface area contributed by atoms with E-state index < -0.39 is 12.5 Å². The van der Waals surface area contributed by atoms with Crippen molar-refractivity contribution in [3.63, 3.8) is 0 Å². The quantitative estimate of drug-likeness (QED) is 0.836. The third-order valence-electron chi connectivity index (χ3n) is 2.39. The molecule has 2 aromatic rings. The Hall–Kier alpha value is -1.46. The van der Waals surface area contributed by atoms with Gasteiger partial charge in [-0.1, -0.05) is 11.3 Å². The topological polar surface area (TPSA) is 62.2 Å². The van der Waals surface area contributed by atoms with E-state index in [9.17, 15) is 4.79 Å². The third kappa shape index (κ3) is 2.05. The lowest BCUT2D eigenvalue weighted by Gasteiger charge is -1.96. The van der Waals surface area contributed by atoms with E-state index >= 15 is 0 Å². The maximum absolute atomic E-state index is 11.0. The van der Waals surface area contributed by atoms with Gasteiger partial charge in [0.15, 0.2) is 5.13 Å². The molecule has 1 aromatic heterocycles. The molecule has 0 spiro atoms. The number of fused-ring (bicyclic) bond motifs is 1. The Kier molecular flexibility index (Phi) is 2.89. The summed E-state index contributed by atoms with van der Waals surface area (Å²) in [6.07, 6.45) is 0. The Labute approximate surface area is 96.9 Å². The number of hydrogen-bond donors (Lipinski definition) is 2. The Bertz CT molecular complexity index is 509. The van der Waals surface area contributed by atoms with Crippen molar-refractivity contribution in [1.29, 1.82) is 0 Å². The standard InChI is InChI=1S/C11H12N2O2S/c1-6-3-8-9(4-7(6)2)16-11(12-8)13-10(15)5-14/h3-4,14H,5H2,1-2H3,(H,12,13,15). The summed E-state index contributed by atoms with van der Waals surface area (Å²) in [6, 6.07) is 4.05. The SMILES string of the molecule is Cc1cc2nc(NC(=O)CO)sc2cc1C. The summed E-state index contributed by atoms with van der Waals surface area (Å²) in [6.45, 7) is 3.55. The molecule has 0 fully saturated rings. The smallest absolute Gasteiger partial charge is 0.251 e. The van der Waals surface area contributed by atoms with Gasteiger partial charge in [-0.05, 0) is 37.1 Å². The number of aromatic nitrogens is 1. The number of thiazole rings is 1. The van der Waals surface area contributed by atoms with Crippen molar-refractivity contribution in [3.05, 3.63) is 23.3 Å². The summed E-state index contributed by atoms with van der Waals surface area (Å²) in [7, 11) is 0. The lowest BCUT2D eigenvalue weighted by Crippen LogP contribution is -2.14. The van der Waals surface area contributed by atoms with Gasteiger partial charge in [0.2, 0.25) is 0 Å². The van der Waals surface area contributed by atoms with Crippen molar-refractivity contribution in [1.82, 2.24) is 4.98 Å². The van der Waals surface area contributed by atoms with Crippen LogP contribution in [0.2, 0.25) is 0 Å². The van der Waals surface area contributed by atoms with Gasteiger partial charge in [0.1, 0.15) is 6.61 Å². The number of carbonyl (C=O) groups excluding carboxylic acids is 1. The monoisotopic (exact) mass is 236 g/mol. The van der Waals surface area contributed by atoms with Crippen LogP contribution in [0.1, 0.15) is 11.1 Å². The molecule has 0 radical (unpaired) electrons. The molecule has 4 nitrogen and oxygen atoms in total. The van der Waals surface area contributed by atoms with Crippen LogP contribution in [0.5, 0.6) is 0 Å². The van der Waals surface area contributed by atoms with E-state index in [2.05, 4.69) is 16.4 Å². The summed E-state index contributed by atoms with van der Waals surface area (Å²) in [5.41, 5.74) is 3.26. The molecule has 0 saturated carbocycles. The molecular formula is C11H12N2O2S. The highest BCUT2D eigenvalue weighted by Crippen LogP contribution is 2.28. The number of aliphatic hydroxyl groups excluding tert-OH is 1. The van der Waals surface area contributed by atoms with Gasteiger partial charge >= 0.3 is 0 Å². The fourth-order valence-electron chi connectivity index (χ4n) is 1.39. The summed E-state index contributed by atoms with van der Waals surface area (Å²) >= 11 is 1.41. The highest BCUT2D eigenvalue weighted by molar-refractivity contribution is 7.22. The summed E-state index contributed by atoms with van der Waals surface area (Å²) in [5.74, 6) is -0.437.